The van der Waals surface area contributed by atoms with Crippen LogP contribution in [-0.2, 0) is 24.2 Å². The van der Waals surface area contributed by atoms with Crippen molar-refractivity contribution in [2.24, 2.45) is 0 Å². The molecular formula is C21H23N3O3S. The van der Waals surface area contributed by atoms with Crippen molar-refractivity contribution in [2.75, 3.05) is 7.11 Å². The third kappa shape index (κ3) is 5.01. The first-order valence-electron chi connectivity index (χ1n) is 9.03. The maximum atomic E-state index is 12.2. The monoisotopic (exact) mass is 397 g/mol. The molecular weight excluding hydrogens is 374 g/mol. The molecule has 1 heterocycles. The summed E-state index contributed by atoms with van der Waals surface area (Å²) in [6, 6.07) is 13.7. The molecule has 0 atom stereocenters. The van der Waals surface area contributed by atoms with Crippen molar-refractivity contribution in [1.82, 2.24) is 16.2 Å². The average molecular weight is 398 g/mol. The van der Waals surface area contributed by atoms with E-state index in [-0.39, 0.29) is 12.3 Å². The summed E-state index contributed by atoms with van der Waals surface area (Å²) >= 11 is 5.19. The quantitative estimate of drug-likeness (QED) is 0.438. The number of hydrogen-bond acceptors (Lipinski definition) is 4. The van der Waals surface area contributed by atoms with Crippen molar-refractivity contribution in [3.8, 4) is 5.75 Å². The number of amides is 1. The van der Waals surface area contributed by atoms with Crippen LogP contribution in [0.4, 0.5) is 0 Å². The number of thiocarbonyl (C=S) groups is 1. The number of aryl methyl sites for hydroxylation is 1. The molecule has 0 fully saturated rings. The molecule has 6 nitrogen and oxygen atoms in total. The number of methoxy groups -OCH3 is 1. The van der Waals surface area contributed by atoms with Gasteiger partial charge >= 0.3 is 0 Å². The van der Waals surface area contributed by atoms with E-state index >= 15 is 0 Å². The molecule has 0 spiro atoms. The number of fused-ring (bicyclic) bond motifs is 1. The number of hydrazine groups is 1. The van der Waals surface area contributed by atoms with E-state index in [1.165, 1.54) is 5.56 Å². The Kier molecular flexibility index (Phi) is 6.49. The summed E-state index contributed by atoms with van der Waals surface area (Å²) in [5, 5.41) is 4.33. The Morgan fingerprint density at radius 1 is 1.11 bits per heavy atom. The first-order valence-corrected chi connectivity index (χ1v) is 9.44. The number of ether oxygens (including phenoxy) is 1. The molecule has 0 radical (unpaired) electrons. The van der Waals surface area contributed by atoms with Gasteiger partial charge < -0.3 is 14.5 Å². The van der Waals surface area contributed by atoms with Crippen LogP contribution in [-0.4, -0.2) is 18.1 Å². The second-order valence-corrected chi connectivity index (χ2v) is 6.73. The molecule has 2 aromatic carbocycles. The number of carbonyl (C=O) groups excluding carboxylic acids is 1. The van der Waals surface area contributed by atoms with Crippen molar-refractivity contribution in [3.05, 3.63) is 65.4 Å². The molecule has 0 bridgehead atoms. The van der Waals surface area contributed by atoms with Crippen molar-refractivity contribution in [3.63, 3.8) is 0 Å². The smallest absolute Gasteiger partial charge is 0.242 e. The van der Waals surface area contributed by atoms with Gasteiger partial charge in [-0.3, -0.25) is 15.6 Å². The van der Waals surface area contributed by atoms with Gasteiger partial charge in [-0.25, -0.2) is 0 Å². The molecule has 3 rings (SSSR count). The molecule has 0 aliphatic carbocycles. The maximum absolute atomic E-state index is 12.2. The Bertz CT molecular complexity index is 967. The van der Waals surface area contributed by atoms with E-state index < -0.39 is 0 Å². The van der Waals surface area contributed by atoms with Gasteiger partial charge in [0, 0.05) is 17.5 Å². The summed E-state index contributed by atoms with van der Waals surface area (Å²) in [6.07, 6.45) is 2.77. The van der Waals surface area contributed by atoms with Crippen LogP contribution in [0.3, 0.4) is 0 Å². The molecule has 7 heteroatoms. The van der Waals surface area contributed by atoms with E-state index in [4.69, 9.17) is 21.4 Å². The van der Waals surface area contributed by atoms with Gasteiger partial charge in [-0.1, -0.05) is 31.2 Å². The lowest BCUT2D eigenvalue weighted by Gasteiger charge is -2.11. The van der Waals surface area contributed by atoms with Crippen LogP contribution in [0.2, 0.25) is 0 Å². The lowest BCUT2D eigenvalue weighted by Crippen LogP contribution is -2.47. The van der Waals surface area contributed by atoms with Crippen LogP contribution >= 0.6 is 12.2 Å². The van der Waals surface area contributed by atoms with E-state index in [1.54, 1.807) is 13.4 Å². The molecule has 0 saturated heterocycles. The Balaban J connectivity index is 1.46. The number of rotatable bonds is 6. The van der Waals surface area contributed by atoms with Crippen molar-refractivity contribution >= 4 is 34.2 Å². The summed E-state index contributed by atoms with van der Waals surface area (Å²) in [4.78, 5) is 12.2. The SMILES string of the molecule is CCc1ccc2c(CC(=O)NNC(=S)NCc3ccc(OC)cc3)coc2c1. The largest absolute Gasteiger partial charge is 0.497 e. The van der Waals surface area contributed by atoms with Crippen LogP contribution in [0.25, 0.3) is 11.0 Å². The van der Waals surface area contributed by atoms with E-state index in [9.17, 15) is 4.79 Å². The third-order valence-electron chi connectivity index (χ3n) is 4.41. The number of hydrogen-bond donors (Lipinski definition) is 3. The molecule has 0 aliphatic rings. The van der Waals surface area contributed by atoms with E-state index in [2.05, 4.69) is 29.2 Å². The third-order valence-corrected chi connectivity index (χ3v) is 4.65. The molecule has 1 aromatic heterocycles. The van der Waals surface area contributed by atoms with Gasteiger partial charge in [-0.05, 0) is 48.0 Å². The lowest BCUT2D eigenvalue weighted by molar-refractivity contribution is -0.121. The predicted octanol–water partition coefficient (Wildman–Crippen LogP) is 3.24. The number of carbonyl (C=O) groups is 1. The summed E-state index contributed by atoms with van der Waals surface area (Å²) in [6.45, 7) is 2.63. The Hall–Kier alpha value is -3.06. The molecule has 3 aromatic rings. The Morgan fingerprint density at radius 2 is 1.86 bits per heavy atom. The first-order chi connectivity index (χ1) is 13.6. The number of nitrogens with one attached hydrogen (secondary N) is 3. The second-order valence-electron chi connectivity index (χ2n) is 6.33. The minimum absolute atomic E-state index is 0.198. The molecule has 146 valence electrons. The minimum Gasteiger partial charge on any atom is -0.497 e. The minimum atomic E-state index is -0.198. The molecule has 3 N–H and O–H groups in total. The van der Waals surface area contributed by atoms with Gasteiger partial charge in [0.15, 0.2) is 5.11 Å². The maximum Gasteiger partial charge on any atom is 0.242 e. The predicted molar refractivity (Wildman–Crippen MR) is 113 cm³/mol. The Morgan fingerprint density at radius 3 is 2.57 bits per heavy atom. The highest BCUT2D eigenvalue weighted by Gasteiger charge is 2.11. The fourth-order valence-electron chi connectivity index (χ4n) is 2.80. The topological polar surface area (TPSA) is 75.5 Å². The zero-order valence-corrected chi connectivity index (χ0v) is 16.7. The van der Waals surface area contributed by atoms with Crippen LogP contribution in [0, 0.1) is 0 Å². The summed E-state index contributed by atoms with van der Waals surface area (Å²) < 4.78 is 10.7. The molecule has 0 unspecified atom stereocenters. The highest BCUT2D eigenvalue weighted by atomic mass is 32.1. The second kappa shape index (κ2) is 9.23. The van der Waals surface area contributed by atoms with Gasteiger partial charge in [0.2, 0.25) is 5.91 Å². The Labute approximate surface area is 169 Å². The van der Waals surface area contributed by atoms with Crippen LogP contribution in [0.1, 0.15) is 23.6 Å². The fourth-order valence-corrected chi connectivity index (χ4v) is 2.92. The van der Waals surface area contributed by atoms with Gasteiger partial charge in [0.05, 0.1) is 19.8 Å². The number of benzene rings is 2. The van der Waals surface area contributed by atoms with Gasteiger partial charge in [0.25, 0.3) is 0 Å². The van der Waals surface area contributed by atoms with E-state index in [0.717, 1.165) is 34.3 Å². The fraction of sp³-hybridized carbons (Fsp3) is 0.238. The van der Waals surface area contributed by atoms with Crippen molar-refractivity contribution in [1.29, 1.82) is 0 Å². The van der Waals surface area contributed by atoms with E-state index in [1.807, 2.05) is 36.4 Å². The summed E-state index contributed by atoms with van der Waals surface area (Å²) in [5.74, 6) is 0.602. The molecule has 0 saturated carbocycles. The van der Waals surface area contributed by atoms with Crippen molar-refractivity contribution < 1.29 is 13.9 Å². The average Bonchev–Trinajstić information content (AvgIpc) is 3.12. The highest BCUT2D eigenvalue weighted by molar-refractivity contribution is 7.80. The van der Waals surface area contributed by atoms with Crippen molar-refractivity contribution in [2.45, 2.75) is 26.3 Å². The van der Waals surface area contributed by atoms with E-state index in [0.29, 0.717) is 11.7 Å². The van der Waals surface area contributed by atoms with Crippen LogP contribution in [0.5, 0.6) is 5.75 Å². The first kappa shape index (κ1) is 19.7. The summed E-state index contributed by atoms with van der Waals surface area (Å²) in [7, 11) is 1.63. The van der Waals surface area contributed by atoms with Gasteiger partial charge in [-0.2, -0.15) is 0 Å². The molecule has 0 aliphatic heterocycles. The highest BCUT2D eigenvalue weighted by Crippen LogP contribution is 2.23. The van der Waals surface area contributed by atoms with Crippen LogP contribution < -0.4 is 20.9 Å². The van der Waals surface area contributed by atoms with Crippen LogP contribution in [0.15, 0.2) is 53.1 Å². The number of furan rings is 1. The zero-order valence-electron chi connectivity index (χ0n) is 15.9. The zero-order chi connectivity index (χ0) is 19.9. The standard InChI is InChI=1S/C21H23N3O3S/c1-3-14-6-9-18-16(13-27-19(18)10-14)11-20(25)23-24-21(28)22-12-15-4-7-17(26-2)8-5-15/h4-10,13H,3,11-12H2,1-2H3,(H,23,25)(H2,22,24,28). The lowest BCUT2D eigenvalue weighted by atomic mass is 10.1. The molecule has 28 heavy (non-hydrogen) atoms. The summed E-state index contributed by atoms with van der Waals surface area (Å²) in [5.41, 5.74) is 9.22. The molecule has 1 amide bonds. The normalized spacial score (nSPS) is 10.5. The van der Waals surface area contributed by atoms with Gasteiger partial charge in [-0.15, -0.1) is 0 Å². The van der Waals surface area contributed by atoms with Gasteiger partial charge in [0.1, 0.15) is 11.3 Å².